The van der Waals surface area contributed by atoms with E-state index in [4.69, 9.17) is 23.7 Å². The largest absolute Gasteiger partial charge is 0.497 e. The molecule has 2 aliphatic heterocycles. The van der Waals surface area contributed by atoms with Crippen LogP contribution in [0.15, 0.2) is 94.9 Å². The summed E-state index contributed by atoms with van der Waals surface area (Å²) in [6, 6.07) is 26.7. The van der Waals surface area contributed by atoms with Crippen LogP contribution in [0.2, 0.25) is 0 Å². The Morgan fingerprint density at radius 1 is 0.972 bits per heavy atom. The van der Waals surface area contributed by atoms with Crippen LogP contribution in [0.4, 0.5) is 0 Å². The highest BCUT2D eigenvalue weighted by atomic mass is 32.2. The minimum absolute atomic E-state index is 0.331. The quantitative estimate of drug-likeness (QED) is 0.215. The molecule has 2 heterocycles. The van der Waals surface area contributed by atoms with Gasteiger partial charge >= 0.3 is 0 Å². The second-order valence-corrected chi connectivity index (χ2v) is 9.64. The summed E-state index contributed by atoms with van der Waals surface area (Å²) >= 11 is 1.48. The average Bonchev–Trinajstić information content (AvgIpc) is 2.94. The Kier molecular flexibility index (Phi) is 8.08. The van der Waals surface area contributed by atoms with E-state index < -0.39 is 30.0 Å². The van der Waals surface area contributed by atoms with Gasteiger partial charge in [-0.1, -0.05) is 77.5 Å². The molecular weight excluding hydrogens is 478 g/mol. The van der Waals surface area contributed by atoms with E-state index in [1.807, 2.05) is 84.9 Å². The number of rotatable bonds is 8. The van der Waals surface area contributed by atoms with Crippen molar-refractivity contribution in [1.82, 2.24) is 0 Å². The molecule has 0 saturated carbocycles. The lowest BCUT2D eigenvalue weighted by Gasteiger charge is -2.48. The van der Waals surface area contributed by atoms with Crippen LogP contribution in [0.5, 0.6) is 5.75 Å². The molecule has 0 bridgehead atoms. The molecule has 0 aliphatic carbocycles. The van der Waals surface area contributed by atoms with Crippen LogP contribution < -0.4 is 4.74 Å². The zero-order valence-corrected chi connectivity index (χ0v) is 20.6. The summed E-state index contributed by atoms with van der Waals surface area (Å²) in [5, 5.41) is 4.14. The summed E-state index contributed by atoms with van der Waals surface area (Å²) in [5.41, 5.74) is 10.9. The van der Waals surface area contributed by atoms with Crippen molar-refractivity contribution in [2.75, 3.05) is 13.7 Å². The van der Waals surface area contributed by atoms with Crippen molar-refractivity contribution in [3.05, 3.63) is 106 Å². The molecule has 0 spiro atoms. The normalized spacial score (nSPS) is 27.5. The van der Waals surface area contributed by atoms with Gasteiger partial charge in [-0.2, -0.15) is 0 Å². The SMILES string of the molecule is COc1ccc(S[C@H]2O[C@@H]3COC(c4ccccc4)O[C@H]3[C@H](OCc3ccccc3)[C@@H]2N=[N+]=[N-])cc1. The van der Waals surface area contributed by atoms with Crippen LogP contribution >= 0.6 is 11.8 Å². The molecule has 36 heavy (non-hydrogen) atoms. The highest BCUT2D eigenvalue weighted by molar-refractivity contribution is 7.99. The fourth-order valence-electron chi connectivity index (χ4n) is 4.37. The number of ether oxygens (including phenoxy) is 5. The smallest absolute Gasteiger partial charge is 0.184 e. The number of thioether (sulfide) groups is 1. The lowest BCUT2D eigenvalue weighted by molar-refractivity contribution is -0.311. The van der Waals surface area contributed by atoms with Gasteiger partial charge in [0.25, 0.3) is 0 Å². The van der Waals surface area contributed by atoms with E-state index in [2.05, 4.69) is 10.0 Å². The molecule has 0 N–H and O–H groups in total. The first-order valence-electron chi connectivity index (χ1n) is 11.7. The number of fused-ring (bicyclic) bond motifs is 1. The summed E-state index contributed by atoms with van der Waals surface area (Å²) in [5.74, 6) is 0.765. The van der Waals surface area contributed by atoms with Crippen LogP contribution in [0.3, 0.4) is 0 Å². The predicted octanol–water partition coefficient (Wildman–Crippen LogP) is 5.89. The lowest BCUT2D eigenvalue weighted by atomic mass is 9.97. The van der Waals surface area contributed by atoms with Crippen molar-refractivity contribution >= 4 is 11.8 Å². The molecule has 2 saturated heterocycles. The molecule has 1 unspecified atom stereocenters. The summed E-state index contributed by atoms with van der Waals surface area (Å²) in [6.07, 6.45) is -1.95. The average molecular weight is 506 g/mol. The molecule has 8 nitrogen and oxygen atoms in total. The fraction of sp³-hybridized carbons (Fsp3) is 0.333. The van der Waals surface area contributed by atoms with Crippen LogP contribution in [0.1, 0.15) is 17.4 Å². The van der Waals surface area contributed by atoms with Gasteiger partial charge in [0.1, 0.15) is 29.4 Å². The second-order valence-electron chi connectivity index (χ2n) is 8.47. The molecule has 3 aromatic rings. The van der Waals surface area contributed by atoms with Crippen molar-refractivity contribution < 1.29 is 23.7 Å². The van der Waals surface area contributed by atoms with Gasteiger partial charge in [0, 0.05) is 15.4 Å². The molecule has 9 heteroatoms. The van der Waals surface area contributed by atoms with Crippen molar-refractivity contribution in [2.24, 2.45) is 5.11 Å². The standard InChI is InChI=1S/C27H27N3O5S/c1-31-20-12-14-21(15-13-20)36-27-23(29-30-28)25(32-16-18-8-4-2-5-9-18)24-22(34-27)17-33-26(35-24)19-10-6-3-7-11-19/h2-15,22-27H,16-17H2,1H3/t22-,23+,24-,25-,26?,27-/m1/s1. The van der Waals surface area contributed by atoms with E-state index in [9.17, 15) is 5.53 Å². The molecule has 0 amide bonds. The Balaban J connectivity index is 1.42. The van der Waals surface area contributed by atoms with Gasteiger partial charge in [0.15, 0.2) is 6.29 Å². The summed E-state index contributed by atoms with van der Waals surface area (Å²) in [4.78, 5) is 4.10. The first-order valence-corrected chi connectivity index (χ1v) is 12.6. The Hall–Kier alpha value is -3.04. The topological polar surface area (TPSA) is 94.9 Å². The van der Waals surface area contributed by atoms with Crippen molar-refractivity contribution in [1.29, 1.82) is 0 Å². The highest BCUT2D eigenvalue weighted by Crippen LogP contribution is 2.41. The Labute approximate surface area is 214 Å². The minimum Gasteiger partial charge on any atom is -0.497 e. The van der Waals surface area contributed by atoms with Crippen molar-refractivity contribution in [3.8, 4) is 5.75 Å². The molecule has 186 valence electrons. The molecular formula is C27H27N3O5S. The number of nitrogens with zero attached hydrogens (tertiary/aromatic N) is 3. The Morgan fingerprint density at radius 2 is 1.69 bits per heavy atom. The monoisotopic (exact) mass is 505 g/mol. The molecule has 0 aromatic heterocycles. The van der Waals surface area contributed by atoms with E-state index in [1.165, 1.54) is 11.8 Å². The highest BCUT2D eigenvalue weighted by Gasteiger charge is 2.50. The first kappa shape index (κ1) is 24.6. The third-order valence-electron chi connectivity index (χ3n) is 6.16. The molecule has 6 atom stereocenters. The van der Waals surface area contributed by atoms with Gasteiger partial charge in [0.2, 0.25) is 0 Å². The van der Waals surface area contributed by atoms with E-state index in [0.717, 1.165) is 21.8 Å². The van der Waals surface area contributed by atoms with Gasteiger partial charge in [-0.15, -0.1) is 0 Å². The van der Waals surface area contributed by atoms with Crippen molar-refractivity contribution in [2.45, 2.75) is 47.6 Å². The van der Waals surface area contributed by atoms with Gasteiger partial charge in [0.05, 0.1) is 26.4 Å². The van der Waals surface area contributed by atoms with Crippen LogP contribution in [0.25, 0.3) is 10.4 Å². The number of hydrogen-bond acceptors (Lipinski definition) is 7. The molecule has 5 rings (SSSR count). The third-order valence-corrected chi connectivity index (χ3v) is 7.33. The van der Waals surface area contributed by atoms with Gasteiger partial charge in [-0.05, 0) is 35.4 Å². The fourth-order valence-corrected chi connectivity index (χ4v) is 5.47. The summed E-state index contributed by atoms with van der Waals surface area (Å²) in [6.45, 7) is 0.685. The van der Waals surface area contributed by atoms with E-state index in [1.54, 1.807) is 7.11 Å². The summed E-state index contributed by atoms with van der Waals surface area (Å²) in [7, 11) is 1.63. The first-order chi connectivity index (χ1) is 17.7. The molecule has 0 radical (unpaired) electrons. The van der Waals surface area contributed by atoms with Crippen LogP contribution in [-0.4, -0.2) is 43.5 Å². The van der Waals surface area contributed by atoms with Gasteiger partial charge < -0.3 is 23.7 Å². The Morgan fingerprint density at radius 3 is 2.39 bits per heavy atom. The maximum Gasteiger partial charge on any atom is 0.184 e. The molecule has 2 aliphatic rings. The van der Waals surface area contributed by atoms with Crippen molar-refractivity contribution in [3.63, 3.8) is 0 Å². The van der Waals surface area contributed by atoms with Crippen LogP contribution in [0, 0.1) is 0 Å². The number of benzene rings is 3. The number of hydrogen-bond donors (Lipinski definition) is 0. The van der Waals surface area contributed by atoms with Crippen LogP contribution in [-0.2, 0) is 25.6 Å². The Bertz CT molecular complexity index is 1160. The number of methoxy groups -OCH3 is 1. The second kappa shape index (κ2) is 11.8. The third kappa shape index (κ3) is 5.68. The molecule has 2 fully saturated rings. The van der Waals surface area contributed by atoms with E-state index >= 15 is 0 Å². The van der Waals surface area contributed by atoms with E-state index in [-0.39, 0.29) is 6.10 Å². The zero-order chi connectivity index (χ0) is 24.7. The maximum atomic E-state index is 9.46. The zero-order valence-electron chi connectivity index (χ0n) is 19.8. The summed E-state index contributed by atoms with van der Waals surface area (Å²) < 4.78 is 30.6. The lowest BCUT2D eigenvalue weighted by Crippen LogP contribution is -2.61. The van der Waals surface area contributed by atoms with Gasteiger partial charge in [-0.3, -0.25) is 0 Å². The predicted molar refractivity (Wildman–Crippen MR) is 135 cm³/mol. The molecule has 3 aromatic carbocycles. The van der Waals surface area contributed by atoms with Gasteiger partial charge in [-0.25, -0.2) is 0 Å². The maximum absolute atomic E-state index is 9.46. The van der Waals surface area contributed by atoms with E-state index in [0.29, 0.717) is 13.2 Å². The number of azide groups is 1. The minimum atomic E-state index is -0.624.